The summed E-state index contributed by atoms with van der Waals surface area (Å²) in [5.74, 6) is -2.20. The Balaban J connectivity index is 0. The lowest BCUT2D eigenvalue weighted by atomic mass is 10.2. The highest BCUT2D eigenvalue weighted by Crippen LogP contribution is 1.93. The van der Waals surface area contributed by atoms with E-state index in [0.29, 0.717) is 0 Å². The summed E-state index contributed by atoms with van der Waals surface area (Å²) in [5.41, 5.74) is 5.00. The second kappa shape index (κ2) is 8.38. The van der Waals surface area contributed by atoms with Crippen LogP contribution in [0.25, 0.3) is 0 Å². The Hall–Kier alpha value is -1.72. The maximum absolute atomic E-state index is 9.99. The number of aliphatic carboxylic acids is 2. The van der Waals surface area contributed by atoms with E-state index in [0.717, 1.165) is 0 Å². The zero-order valence-electron chi connectivity index (χ0n) is 6.60. The van der Waals surface area contributed by atoms with E-state index in [1.54, 1.807) is 0 Å². The number of carboxylic acid groups (broad SMARTS) is 2. The van der Waals surface area contributed by atoms with Crippen molar-refractivity contribution in [2.45, 2.75) is 18.9 Å². The van der Waals surface area contributed by atoms with Crippen molar-refractivity contribution in [3.63, 3.8) is 0 Å². The molecule has 13 heavy (non-hydrogen) atoms. The molecule has 0 aliphatic carbocycles. The highest BCUT2D eigenvalue weighted by molar-refractivity contribution is 5.74. The minimum atomic E-state index is -1.17. The van der Waals surface area contributed by atoms with Gasteiger partial charge in [-0.2, -0.15) is 9.59 Å². The molecular weight excluding hydrogens is 182 g/mol. The van der Waals surface area contributed by atoms with Gasteiger partial charge in [0.05, 0.1) is 0 Å². The van der Waals surface area contributed by atoms with Gasteiger partial charge >= 0.3 is 18.1 Å². The minimum absolute atomic E-state index is 0.0231. The molecule has 7 heteroatoms. The number of hydrogen-bond donors (Lipinski definition) is 3. The van der Waals surface area contributed by atoms with Crippen molar-refractivity contribution < 1.29 is 29.4 Å². The van der Waals surface area contributed by atoms with Crippen LogP contribution in [0.5, 0.6) is 0 Å². The number of nitrogens with two attached hydrogens (primary N) is 1. The zero-order chi connectivity index (χ0) is 10.9. The van der Waals surface area contributed by atoms with Crippen LogP contribution in [0.4, 0.5) is 0 Å². The van der Waals surface area contributed by atoms with Gasteiger partial charge in [0.1, 0.15) is 6.04 Å². The van der Waals surface area contributed by atoms with Crippen LogP contribution in [0.15, 0.2) is 0 Å². The average Bonchev–Trinajstić information content (AvgIpc) is 2.01. The monoisotopic (exact) mass is 191 g/mol. The second-order valence-electron chi connectivity index (χ2n) is 1.96. The van der Waals surface area contributed by atoms with Gasteiger partial charge in [-0.15, -0.1) is 0 Å². The molecule has 0 bridgehead atoms. The van der Waals surface area contributed by atoms with E-state index in [9.17, 15) is 9.59 Å². The second-order valence-corrected chi connectivity index (χ2v) is 1.96. The molecule has 0 amide bonds. The van der Waals surface area contributed by atoms with Crippen LogP contribution in [-0.4, -0.2) is 34.3 Å². The number of carbonyl (C=O) groups excluding carboxylic acids is 2. The van der Waals surface area contributed by atoms with Gasteiger partial charge in [-0.3, -0.25) is 9.59 Å². The lowest BCUT2D eigenvalue weighted by molar-refractivity contribution is -0.191. The Morgan fingerprint density at radius 3 is 1.92 bits per heavy atom. The van der Waals surface area contributed by atoms with E-state index in [4.69, 9.17) is 25.5 Å². The molecule has 0 rings (SSSR count). The molecule has 1 unspecified atom stereocenters. The molecule has 4 N–H and O–H groups in total. The van der Waals surface area contributed by atoms with E-state index < -0.39 is 18.0 Å². The fourth-order valence-electron chi connectivity index (χ4n) is 0.402. The van der Waals surface area contributed by atoms with Crippen LogP contribution in [0, 0.1) is 0 Å². The molecule has 0 saturated carbocycles. The lowest BCUT2D eigenvalue weighted by Crippen LogP contribution is -2.30. The molecule has 0 heterocycles. The van der Waals surface area contributed by atoms with E-state index in [1.807, 2.05) is 0 Å². The van der Waals surface area contributed by atoms with Crippen molar-refractivity contribution >= 4 is 18.1 Å². The molecular formula is C6H9NO6. The first-order chi connectivity index (χ1) is 5.95. The summed E-state index contributed by atoms with van der Waals surface area (Å²) in [5, 5.41) is 16.3. The molecule has 7 nitrogen and oxygen atoms in total. The van der Waals surface area contributed by atoms with Gasteiger partial charge < -0.3 is 15.9 Å². The summed E-state index contributed by atoms with van der Waals surface area (Å²) in [6, 6.07) is -1.06. The predicted molar refractivity (Wildman–Crippen MR) is 37.5 cm³/mol. The molecule has 0 aromatic rings. The third kappa shape index (κ3) is 13.3. The van der Waals surface area contributed by atoms with Gasteiger partial charge in [0.25, 0.3) is 0 Å². The Kier molecular flexibility index (Phi) is 8.92. The van der Waals surface area contributed by atoms with Gasteiger partial charge in [0, 0.05) is 6.42 Å². The molecule has 0 spiro atoms. The molecule has 0 fully saturated rings. The van der Waals surface area contributed by atoms with Crippen molar-refractivity contribution in [1.82, 2.24) is 0 Å². The largest absolute Gasteiger partial charge is 0.481 e. The van der Waals surface area contributed by atoms with Crippen LogP contribution >= 0.6 is 0 Å². The Labute approximate surface area is 73.1 Å². The molecule has 0 aromatic carbocycles. The number of hydrogen-bond acceptors (Lipinski definition) is 5. The number of carbonyl (C=O) groups is 2. The Morgan fingerprint density at radius 1 is 1.31 bits per heavy atom. The first-order valence-corrected chi connectivity index (χ1v) is 3.15. The van der Waals surface area contributed by atoms with Crippen molar-refractivity contribution in [3.05, 3.63) is 0 Å². The highest BCUT2D eigenvalue weighted by Gasteiger charge is 2.12. The van der Waals surface area contributed by atoms with Crippen LogP contribution in [0.2, 0.25) is 0 Å². The Bertz CT molecular complexity index is 207. The molecule has 0 aliphatic heterocycles. The first kappa shape index (κ1) is 13.8. The van der Waals surface area contributed by atoms with Crippen molar-refractivity contribution in [3.8, 4) is 0 Å². The lowest BCUT2D eigenvalue weighted by Gasteiger charge is -2.01. The van der Waals surface area contributed by atoms with E-state index >= 15 is 0 Å². The standard InChI is InChI=1S/C5H9NO4.CO2/c6-3(5(9)10)1-2-4(7)8;2-1-3/h3H,1-2,6H2,(H,7,8)(H,9,10);. The topological polar surface area (TPSA) is 135 Å². The highest BCUT2D eigenvalue weighted by atomic mass is 16.4. The predicted octanol–water partition coefficient (Wildman–Crippen LogP) is -1.32. The molecule has 74 valence electrons. The summed E-state index contributed by atoms with van der Waals surface area (Å²) in [7, 11) is 0. The maximum atomic E-state index is 9.99. The molecule has 0 saturated heterocycles. The fourth-order valence-corrected chi connectivity index (χ4v) is 0.402. The SMILES string of the molecule is NC(CCC(=O)O)C(=O)O.O=C=O. The van der Waals surface area contributed by atoms with Crippen molar-refractivity contribution in [2.24, 2.45) is 5.73 Å². The van der Waals surface area contributed by atoms with Crippen LogP contribution in [-0.2, 0) is 19.2 Å². The molecule has 0 radical (unpaired) electrons. The maximum Gasteiger partial charge on any atom is 0.373 e. The quantitative estimate of drug-likeness (QED) is 0.501. The normalized spacial score (nSPS) is 10.2. The fraction of sp³-hybridized carbons (Fsp3) is 0.500. The third-order valence-electron chi connectivity index (χ3n) is 0.986. The van der Waals surface area contributed by atoms with E-state index in [1.165, 1.54) is 0 Å². The summed E-state index contributed by atoms with van der Waals surface area (Å²) in [6.07, 6.45) is 0.0259. The zero-order valence-corrected chi connectivity index (χ0v) is 6.60. The van der Waals surface area contributed by atoms with Gasteiger partial charge in [-0.1, -0.05) is 0 Å². The summed E-state index contributed by atoms with van der Waals surface area (Å²) in [6.45, 7) is 0. The first-order valence-electron chi connectivity index (χ1n) is 3.15. The Morgan fingerprint density at radius 2 is 1.69 bits per heavy atom. The summed E-state index contributed by atoms with van der Waals surface area (Å²) >= 11 is 0. The average molecular weight is 191 g/mol. The minimum Gasteiger partial charge on any atom is -0.481 e. The molecule has 0 aromatic heterocycles. The number of carboxylic acids is 2. The number of rotatable bonds is 4. The summed E-state index contributed by atoms with van der Waals surface area (Å²) < 4.78 is 0. The van der Waals surface area contributed by atoms with Crippen LogP contribution in [0.1, 0.15) is 12.8 Å². The van der Waals surface area contributed by atoms with Gasteiger partial charge in [0.2, 0.25) is 0 Å². The van der Waals surface area contributed by atoms with Crippen molar-refractivity contribution in [2.75, 3.05) is 0 Å². The molecule has 1 atom stereocenters. The van der Waals surface area contributed by atoms with Crippen molar-refractivity contribution in [1.29, 1.82) is 0 Å². The third-order valence-corrected chi connectivity index (χ3v) is 0.986. The van der Waals surface area contributed by atoms with Crippen LogP contribution < -0.4 is 5.73 Å². The van der Waals surface area contributed by atoms with Crippen LogP contribution in [0.3, 0.4) is 0 Å². The van der Waals surface area contributed by atoms with Gasteiger partial charge in [-0.05, 0) is 6.42 Å². The molecule has 0 aliphatic rings. The summed E-state index contributed by atoms with van der Waals surface area (Å²) in [4.78, 5) is 36.1. The van der Waals surface area contributed by atoms with E-state index in [2.05, 4.69) is 0 Å². The smallest absolute Gasteiger partial charge is 0.373 e. The van der Waals surface area contributed by atoms with E-state index in [-0.39, 0.29) is 19.0 Å². The van der Waals surface area contributed by atoms with Gasteiger partial charge in [0.15, 0.2) is 0 Å². The van der Waals surface area contributed by atoms with Gasteiger partial charge in [-0.25, -0.2) is 0 Å².